The van der Waals surface area contributed by atoms with Crippen molar-refractivity contribution in [3.05, 3.63) is 35.3 Å². The maximum Gasteiger partial charge on any atom is 0.225 e. The molecular formula is C16H20ClFN6. The summed E-state index contributed by atoms with van der Waals surface area (Å²) in [6.45, 7) is 4.18. The molecule has 1 aliphatic heterocycles. The molecule has 0 aliphatic carbocycles. The molecule has 1 saturated heterocycles. The van der Waals surface area contributed by atoms with Gasteiger partial charge in [0.05, 0.1) is 23.1 Å². The maximum absolute atomic E-state index is 14.1. The van der Waals surface area contributed by atoms with Crippen LogP contribution in [0.15, 0.2) is 18.7 Å². The molecule has 24 heavy (non-hydrogen) atoms. The lowest BCUT2D eigenvalue weighted by atomic mass is 9.96. The maximum atomic E-state index is 14.1. The van der Waals surface area contributed by atoms with Crippen molar-refractivity contribution in [2.24, 2.45) is 5.92 Å². The van der Waals surface area contributed by atoms with Crippen molar-refractivity contribution in [3.8, 4) is 0 Å². The minimum absolute atomic E-state index is 0.341. The first-order valence-corrected chi connectivity index (χ1v) is 8.33. The number of anilines is 2. The third kappa shape index (κ3) is 3.72. The van der Waals surface area contributed by atoms with Gasteiger partial charge >= 0.3 is 0 Å². The van der Waals surface area contributed by atoms with Crippen LogP contribution in [0.25, 0.3) is 0 Å². The summed E-state index contributed by atoms with van der Waals surface area (Å²) in [7, 11) is 1.87. The van der Waals surface area contributed by atoms with Gasteiger partial charge in [0.2, 0.25) is 5.95 Å². The largest absolute Gasteiger partial charge is 0.357 e. The Bertz CT molecular complexity index is 687. The molecule has 6 nitrogen and oxygen atoms in total. The monoisotopic (exact) mass is 350 g/mol. The lowest BCUT2D eigenvalue weighted by Crippen LogP contribution is -2.39. The minimum Gasteiger partial charge on any atom is -0.357 e. The molecule has 2 aromatic rings. The number of hydrogen-bond acceptors (Lipinski definition) is 6. The van der Waals surface area contributed by atoms with Crippen LogP contribution < -0.4 is 9.80 Å². The quantitative estimate of drug-likeness (QED) is 0.845. The number of rotatable bonds is 4. The van der Waals surface area contributed by atoms with E-state index in [1.165, 1.54) is 6.33 Å². The summed E-state index contributed by atoms with van der Waals surface area (Å²) in [4.78, 5) is 20.5. The van der Waals surface area contributed by atoms with Crippen molar-refractivity contribution in [2.75, 3.05) is 36.5 Å². The van der Waals surface area contributed by atoms with Crippen molar-refractivity contribution in [1.29, 1.82) is 0 Å². The van der Waals surface area contributed by atoms with E-state index in [0.29, 0.717) is 28.4 Å². The molecule has 0 amide bonds. The van der Waals surface area contributed by atoms with Gasteiger partial charge in [0, 0.05) is 26.7 Å². The molecule has 0 bridgehead atoms. The normalized spacial score (nSPS) is 15.6. The van der Waals surface area contributed by atoms with Crippen molar-refractivity contribution < 1.29 is 4.39 Å². The molecule has 0 radical (unpaired) electrons. The average Bonchev–Trinajstić information content (AvgIpc) is 2.59. The Morgan fingerprint density at radius 1 is 1.21 bits per heavy atom. The SMILES string of the molecule is Cc1ncnc(N(C)CC2CCN(c3ncc(Cl)cn3)CC2)c1F. The van der Waals surface area contributed by atoms with Crippen molar-refractivity contribution in [3.63, 3.8) is 0 Å². The van der Waals surface area contributed by atoms with Crippen LogP contribution in [0, 0.1) is 18.7 Å². The van der Waals surface area contributed by atoms with Gasteiger partial charge < -0.3 is 9.80 Å². The third-order valence-corrected chi connectivity index (χ3v) is 4.54. The van der Waals surface area contributed by atoms with Crippen molar-refractivity contribution in [1.82, 2.24) is 19.9 Å². The van der Waals surface area contributed by atoms with E-state index in [4.69, 9.17) is 11.6 Å². The first kappa shape index (κ1) is 16.8. The predicted octanol–water partition coefficient (Wildman–Crippen LogP) is 2.72. The van der Waals surface area contributed by atoms with E-state index in [0.717, 1.165) is 32.5 Å². The second kappa shape index (κ2) is 7.25. The van der Waals surface area contributed by atoms with Gasteiger partial charge in [-0.25, -0.2) is 24.3 Å². The molecule has 0 saturated carbocycles. The molecule has 3 rings (SSSR count). The summed E-state index contributed by atoms with van der Waals surface area (Å²) in [6, 6.07) is 0. The van der Waals surface area contributed by atoms with Crippen LogP contribution in [0.3, 0.4) is 0 Å². The highest BCUT2D eigenvalue weighted by molar-refractivity contribution is 6.30. The van der Waals surface area contributed by atoms with E-state index in [9.17, 15) is 4.39 Å². The molecule has 1 fully saturated rings. The molecule has 2 aromatic heterocycles. The summed E-state index contributed by atoms with van der Waals surface area (Å²) >= 11 is 5.82. The van der Waals surface area contributed by atoms with Crippen LogP contribution in [0.2, 0.25) is 5.02 Å². The van der Waals surface area contributed by atoms with E-state index >= 15 is 0 Å². The van der Waals surface area contributed by atoms with E-state index in [1.54, 1.807) is 19.3 Å². The highest BCUT2D eigenvalue weighted by atomic mass is 35.5. The summed E-state index contributed by atoms with van der Waals surface area (Å²) in [5, 5.41) is 0.539. The van der Waals surface area contributed by atoms with Crippen LogP contribution in [0.4, 0.5) is 16.2 Å². The highest BCUT2D eigenvalue weighted by Crippen LogP contribution is 2.24. The van der Waals surface area contributed by atoms with Crippen LogP contribution in [-0.4, -0.2) is 46.6 Å². The molecule has 128 valence electrons. The van der Waals surface area contributed by atoms with Crippen molar-refractivity contribution >= 4 is 23.4 Å². The lowest BCUT2D eigenvalue weighted by Gasteiger charge is -2.34. The zero-order valence-corrected chi connectivity index (χ0v) is 14.5. The van der Waals surface area contributed by atoms with Gasteiger partial charge in [-0.15, -0.1) is 0 Å². The number of aromatic nitrogens is 4. The first-order chi connectivity index (χ1) is 11.5. The molecule has 0 N–H and O–H groups in total. The second-order valence-corrected chi connectivity index (χ2v) is 6.55. The summed E-state index contributed by atoms with van der Waals surface area (Å²) in [5.74, 6) is 1.22. The Kier molecular flexibility index (Phi) is 5.08. The number of aryl methyl sites for hydroxylation is 1. The molecule has 0 aromatic carbocycles. The Morgan fingerprint density at radius 2 is 1.88 bits per heavy atom. The number of nitrogens with zero attached hydrogens (tertiary/aromatic N) is 6. The molecule has 1 aliphatic rings. The Hall–Kier alpha value is -2.02. The molecule has 0 atom stereocenters. The van der Waals surface area contributed by atoms with Gasteiger partial charge in [-0.05, 0) is 25.7 Å². The van der Waals surface area contributed by atoms with Gasteiger partial charge in [-0.2, -0.15) is 0 Å². The average molecular weight is 351 g/mol. The molecular weight excluding hydrogens is 331 g/mol. The number of halogens is 2. The topological polar surface area (TPSA) is 58.0 Å². The molecule has 3 heterocycles. The van der Waals surface area contributed by atoms with Crippen LogP contribution in [0.1, 0.15) is 18.5 Å². The zero-order valence-electron chi connectivity index (χ0n) is 13.8. The van der Waals surface area contributed by atoms with E-state index in [1.807, 2.05) is 11.9 Å². The number of hydrogen-bond donors (Lipinski definition) is 0. The minimum atomic E-state index is -0.341. The summed E-state index contributed by atoms with van der Waals surface area (Å²) in [5.41, 5.74) is 0.376. The van der Waals surface area contributed by atoms with Gasteiger partial charge in [-0.1, -0.05) is 11.6 Å². The number of piperidine rings is 1. The fourth-order valence-corrected chi connectivity index (χ4v) is 3.07. The summed E-state index contributed by atoms with van der Waals surface area (Å²) < 4.78 is 14.1. The predicted molar refractivity (Wildman–Crippen MR) is 92.0 cm³/mol. The Labute approximate surface area is 145 Å². The Morgan fingerprint density at radius 3 is 2.54 bits per heavy atom. The third-order valence-electron chi connectivity index (χ3n) is 4.34. The Balaban J connectivity index is 1.57. The first-order valence-electron chi connectivity index (χ1n) is 7.95. The molecule has 8 heteroatoms. The lowest BCUT2D eigenvalue weighted by molar-refractivity contribution is 0.403. The van der Waals surface area contributed by atoms with E-state index in [-0.39, 0.29) is 5.82 Å². The van der Waals surface area contributed by atoms with Gasteiger partial charge in [0.15, 0.2) is 11.6 Å². The van der Waals surface area contributed by atoms with Gasteiger partial charge in [-0.3, -0.25) is 0 Å². The zero-order chi connectivity index (χ0) is 17.1. The van der Waals surface area contributed by atoms with E-state index in [2.05, 4.69) is 24.8 Å². The summed E-state index contributed by atoms with van der Waals surface area (Å²) in [6.07, 6.45) is 6.64. The van der Waals surface area contributed by atoms with E-state index < -0.39 is 0 Å². The van der Waals surface area contributed by atoms with Crippen molar-refractivity contribution in [2.45, 2.75) is 19.8 Å². The second-order valence-electron chi connectivity index (χ2n) is 6.11. The molecule has 0 unspecified atom stereocenters. The van der Waals surface area contributed by atoms with Crippen LogP contribution >= 0.6 is 11.6 Å². The molecule has 0 spiro atoms. The fourth-order valence-electron chi connectivity index (χ4n) is 2.97. The van der Waals surface area contributed by atoms with Gasteiger partial charge in [0.1, 0.15) is 6.33 Å². The van der Waals surface area contributed by atoms with Gasteiger partial charge in [0.25, 0.3) is 0 Å². The smallest absolute Gasteiger partial charge is 0.225 e. The van der Waals surface area contributed by atoms with Crippen LogP contribution in [0.5, 0.6) is 0 Å². The highest BCUT2D eigenvalue weighted by Gasteiger charge is 2.23. The standard InChI is InChI=1S/C16H20ClFN6/c1-11-14(18)15(22-10-21-11)23(2)9-12-3-5-24(6-4-12)16-19-7-13(17)8-20-16/h7-8,10,12H,3-6,9H2,1-2H3. The van der Waals surface area contributed by atoms with Crippen LogP contribution in [-0.2, 0) is 0 Å². The fraction of sp³-hybridized carbons (Fsp3) is 0.500.